The molecule has 2 rings (SSSR count). The molecule has 0 saturated carbocycles. The van der Waals surface area contributed by atoms with Crippen LogP contribution in [0.5, 0.6) is 0 Å². The Morgan fingerprint density at radius 3 is 2.40 bits per heavy atom. The molecule has 20 heavy (non-hydrogen) atoms. The second-order valence-electron chi connectivity index (χ2n) is 4.83. The second-order valence-corrected chi connectivity index (χ2v) is 5.67. The van der Waals surface area contributed by atoms with E-state index in [1.54, 1.807) is 18.2 Å². The fraction of sp³-hybridized carbons (Fsp3) is 0.250. The van der Waals surface area contributed by atoms with Gasteiger partial charge >= 0.3 is 0 Å². The Labute approximate surface area is 129 Å². The fourth-order valence-electron chi connectivity index (χ4n) is 2.17. The molecule has 0 saturated heterocycles. The Hall–Kier alpha value is -1.22. The molecule has 2 aromatic rings. The third kappa shape index (κ3) is 3.45. The molecule has 0 aromatic heterocycles. The van der Waals surface area contributed by atoms with Crippen LogP contribution >= 0.6 is 23.2 Å². The molecule has 0 radical (unpaired) electrons. The number of hydrogen-bond acceptors (Lipinski definition) is 2. The zero-order chi connectivity index (χ0) is 14.7. The van der Waals surface area contributed by atoms with Crippen LogP contribution in [0, 0.1) is 13.8 Å². The van der Waals surface area contributed by atoms with E-state index in [0.717, 1.165) is 16.8 Å². The van der Waals surface area contributed by atoms with Gasteiger partial charge in [0.15, 0.2) is 0 Å². The van der Waals surface area contributed by atoms with Crippen molar-refractivity contribution in [3.63, 3.8) is 0 Å². The number of aliphatic hydroxyl groups excluding tert-OH is 1. The third-order valence-electron chi connectivity index (χ3n) is 3.27. The molecule has 0 bridgehead atoms. The summed E-state index contributed by atoms with van der Waals surface area (Å²) in [5.74, 6) is 0. The first-order valence-electron chi connectivity index (χ1n) is 6.42. The predicted octanol–water partition coefficient (Wildman–Crippen LogP) is 4.76. The normalized spacial score (nSPS) is 12.2. The van der Waals surface area contributed by atoms with E-state index >= 15 is 0 Å². The van der Waals surface area contributed by atoms with Gasteiger partial charge in [0.2, 0.25) is 0 Å². The van der Waals surface area contributed by atoms with Gasteiger partial charge in [-0.3, -0.25) is 0 Å². The Kier molecular flexibility index (Phi) is 4.92. The Morgan fingerprint density at radius 2 is 1.75 bits per heavy atom. The zero-order valence-electron chi connectivity index (χ0n) is 11.5. The SMILES string of the molecule is Cc1cccc(C)c1NCC(O)c1cc(Cl)ccc1Cl. The van der Waals surface area contributed by atoms with Gasteiger partial charge in [-0.2, -0.15) is 0 Å². The lowest BCUT2D eigenvalue weighted by atomic mass is 10.1. The standard InChI is InChI=1S/C16H17Cl2NO/c1-10-4-3-5-11(2)16(10)19-9-15(20)13-8-12(17)6-7-14(13)18/h3-8,15,19-20H,9H2,1-2H3. The van der Waals surface area contributed by atoms with Crippen LogP contribution in [0.2, 0.25) is 10.0 Å². The molecule has 0 heterocycles. The number of anilines is 1. The van der Waals surface area contributed by atoms with Gasteiger partial charge in [0.25, 0.3) is 0 Å². The molecule has 0 spiro atoms. The third-order valence-corrected chi connectivity index (χ3v) is 3.85. The van der Waals surface area contributed by atoms with E-state index in [1.165, 1.54) is 0 Å². The van der Waals surface area contributed by atoms with Gasteiger partial charge in [-0.15, -0.1) is 0 Å². The van der Waals surface area contributed by atoms with Crippen molar-refractivity contribution in [2.45, 2.75) is 20.0 Å². The molecule has 0 fully saturated rings. The highest BCUT2D eigenvalue weighted by atomic mass is 35.5. The molecule has 1 unspecified atom stereocenters. The molecule has 0 amide bonds. The lowest BCUT2D eigenvalue weighted by Crippen LogP contribution is -2.14. The molecule has 1 atom stereocenters. The number of hydrogen-bond donors (Lipinski definition) is 2. The van der Waals surface area contributed by atoms with Crippen molar-refractivity contribution in [3.05, 3.63) is 63.1 Å². The van der Waals surface area contributed by atoms with Gasteiger partial charge in [-0.1, -0.05) is 41.4 Å². The fourth-order valence-corrected chi connectivity index (χ4v) is 2.60. The number of aryl methyl sites for hydroxylation is 2. The number of benzene rings is 2. The van der Waals surface area contributed by atoms with Crippen LogP contribution in [0.3, 0.4) is 0 Å². The van der Waals surface area contributed by atoms with E-state index in [2.05, 4.69) is 5.32 Å². The largest absolute Gasteiger partial charge is 0.387 e. The highest BCUT2D eigenvalue weighted by molar-refractivity contribution is 6.33. The molecular weight excluding hydrogens is 293 g/mol. The number of para-hydroxylation sites is 1. The Bertz CT molecular complexity index is 593. The average molecular weight is 310 g/mol. The summed E-state index contributed by atoms with van der Waals surface area (Å²) in [4.78, 5) is 0. The van der Waals surface area contributed by atoms with Gasteiger partial charge < -0.3 is 10.4 Å². The van der Waals surface area contributed by atoms with E-state index in [1.807, 2.05) is 32.0 Å². The van der Waals surface area contributed by atoms with Gasteiger partial charge in [0.05, 0.1) is 6.10 Å². The smallest absolute Gasteiger partial charge is 0.0977 e. The average Bonchev–Trinajstić information content (AvgIpc) is 2.40. The molecule has 0 aliphatic heterocycles. The van der Waals surface area contributed by atoms with Crippen LogP contribution in [0.1, 0.15) is 22.8 Å². The molecule has 2 nitrogen and oxygen atoms in total. The summed E-state index contributed by atoms with van der Waals surface area (Å²) in [5, 5.41) is 14.6. The first kappa shape index (κ1) is 15.2. The van der Waals surface area contributed by atoms with E-state index in [4.69, 9.17) is 23.2 Å². The van der Waals surface area contributed by atoms with Crippen molar-refractivity contribution in [2.75, 3.05) is 11.9 Å². The van der Waals surface area contributed by atoms with Gasteiger partial charge in [0, 0.05) is 27.8 Å². The Balaban J connectivity index is 2.13. The summed E-state index contributed by atoms with van der Waals surface area (Å²) in [6.07, 6.45) is -0.708. The van der Waals surface area contributed by atoms with Crippen molar-refractivity contribution in [2.24, 2.45) is 0 Å². The lowest BCUT2D eigenvalue weighted by Gasteiger charge is -2.17. The van der Waals surface area contributed by atoms with Crippen LogP contribution in [0.15, 0.2) is 36.4 Å². The highest BCUT2D eigenvalue weighted by Crippen LogP contribution is 2.27. The lowest BCUT2D eigenvalue weighted by molar-refractivity contribution is 0.191. The summed E-state index contributed by atoms with van der Waals surface area (Å²) in [6, 6.07) is 11.2. The number of rotatable bonds is 4. The summed E-state index contributed by atoms with van der Waals surface area (Å²) >= 11 is 12.0. The quantitative estimate of drug-likeness (QED) is 0.853. The Morgan fingerprint density at radius 1 is 1.10 bits per heavy atom. The van der Waals surface area contributed by atoms with E-state index in [0.29, 0.717) is 22.2 Å². The topological polar surface area (TPSA) is 32.3 Å². The predicted molar refractivity (Wildman–Crippen MR) is 85.8 cm³/mol. The first-order valence-corrected chi connectivity index (χ1v) is 7.17. The maximum absolute atomic E-state index is 10.3. The molecule has 0 aliphatic carbocycles. The van der Waals surface area contributed by atoms with E-state index in [-0.39, 0.29) is 0 Å². The van der Waals surface area contributed by atoms with Crippen LogP contribution < -0.4 is 5.32 Å². The van der Waals surface area contributed by atoms with Crippen LogP contribution in [0.4, 0.5) is 5.69 Å². The van der Waals surface area contributed by atoms with E-state index < -0.39 is 6.10 Å². The maximum Gasteiger partial charge on any atom is 0.0977 e. The number of aliphatic hydroxyl groups is 1. The second kappa shape index (κ2) is 6.49. The van der Waals surface area contributed by atoms with Crippen molar-refractivity contribution in [1.82, 2.24) is 0 Å². The van der Waals surface area contributed by atoms with Crippen LogP contribution in [0.25, 0.3) is 0 Å². The summed E-state index contributed by atoms with van der Waals surface area (Å²) in [5.41, 5.74) is 3.98. The van der Waals surface area contributed by atoms with Crippen LogP contribution in [-0.2, 0) is 0 Å². The molecule has 2 N–H and O–H groups in total. The minimum atomic E-state index is -0.708. The maximum atomic E-state index is 10.3. The highest BCUT2D eigenvalue weighted by Gasteiger charge is 2.13. The summed E-state index contributed by atoms with van der Waals surface area (Å²) < 4.78 is 0. The van der Waals surface area contributed by atoms with Crippen LogP contribution in [-0.4, -0.2) is 11.7 Å². The minimum absolute atomic E-state index is 0.381. The van der Waals surface area contributed by atoms with Crippen molar-refractivity contribution in [3.8, 4) is 0 Å². The number of nitrogens with one attached hydrogen (secondary N) is 1. The molecule has 0 aliphatic rings. The van der Waals surface area contributed by atoms with E-state index in [9.17, 15) is 5.11 Å². The zero-order valence-corrected chi connectivity index (χ0v) is 13.0. The molecule has 4 heteroatoms. The first-order chi connectivity index (χ1) is 9.49. The molecule has 106 valence electrons. The van der Waals surface area contributed by atoms with Gasteiger partial charge in [0.1, 0.15) is 0 Å². The van der Waals surface area contributed by atoms with Gasteiger partial charge in [-0.25, -0.2) is 0 Å². The monoisotopic (exact) mass is 309 g/mol. The number of halogens is 2. The summed E-state index contributed by atoms with van der Waals surface area (Å²) in [6.45, 7) is 4.45. The van der Waals surface area contributed by atoms with Gasteiger partial charge in [-0.05, 0) is 43.2 Å². The van der Waals surface area contributed by atoms with Crippen molar-refractivity contribution >= 4 is 28.9 Å². The summed E-state index contributed by atoms with van der Waals surface area (Å²) in [7, 11) is 0. The molecular formula is C16H17Cl2NO. The van der Waals surface area contributed by atoms with Crippen molar-refractivity contribution < 1.29 is 5.11 Å². The van der Waals surface area contributed by atoms with Crippen molar-refractivity contribution in [1.29, 1.82) is 0 Å². The molecule has 2 aromatic carbocycles. The minimum Gasteiger partial charge on any atom is -0.387 e.